The first-order valence-corrected chi connectivity index (χ1v) is 7.70. The van der Waals surface area contributed by atoms with Gasteiger partial charge in [0.1, 0.15) is 0 Å². The van der Waals surface area contributed by atoms with Gasteiger partial charge in [-0.05, 0) is 30.9 Å². The van der Waals surface area contributed by atoms with E-state index in [1.165, 1.54) is 5.56 Å². The standard InChI is InChI=1S/C17H21NO4/c1-17(16(20)21)7-8-18(11-17)15(19)10-14-13-5-3-2-4-12(13)6-9-22-14/h2-5,14H,6-11H2,1H3,(H,20,21)/t14-,17-/m1/s1. The third-order valence-electron chi connectivity index (χ3n) is 4.79. The minimum Gasteiger partial charge on any atom is -0.481 e. The van der Waals surface area contributed by atoms with Crippen LogP contribution in [0.3, 0.4) is 0 Å². The van der Waals surface area contributed by atoms with Crippen LogP contribution in [0.25, 0.3) is 0 Å². The zero-order valence-electron chi connectivity index (χ0n) is 12.7. The minimum atomic E-state index is -0.831. The molecule has 0 aliphatic carbocycles. The molecule has 5 heteroatoms. The molecule has 118 valence electrons. The molecule has 1 fully saturated rings. The SMILES string of the molecule is C[C@@]1(C(=O)O)CCN(C(=O)C[C@H]2OCCc3ccccc32)C1. The fourth-order valence-electron chi connectivity index (χ4n) is 3.28. The number of aliphatic carboxylic acids is 1. The molecular formula is C17H21NO4. The third-order valence-corrected chi connectivity index (χ3v) is 4.79. The molecule has 1 aromatic carbocycles. The molecule has 1 amide bonds. The number of fused-ring (bicyclic) bond motifs is 1. The van der Waals surface area contributed by atoms with Crippen molar-refractivity contribution < 1.29 is 19.4 Å². The Kier molecular flexibility index (Phi) is 3.91. The van der Waals surface area contributed by atoms with Crippen molar-refractivity contribution in [1.82, 2.24) is 4.90 Å². The summed E-state index contributed by atoms with van der Waals surface area (Å²) in [6.07, 6.45) is 1.46. The number of nitrogens with zero attached hydrogens (tertiary/aromatic N) is 1. The van der Waals surface area contributed by atoms with Gasteiger partial charge in [0.05, 0.1) is 24.5 Å². The first kappa shape index (κ1) is 15.0. The van der Waals surface area contributed by atoms with Gasteiger partial charge in [-0.15, -0.1) is 0 Å². The van der Waals surface area contributed by atoms with Crippen molar-refractivity contribution in [1.29, 1.82) is 0 Å². The monoisotopic (exact) mass is 303 g/mol. The number of rotatable bonds is 3. The molecule has 2 atom stereocenters. The second-order valence-electron chi connectivity index (χ2n) is 6.44. The molecule has 0 aromatic heterocycles. The maximum Gasteiger partial charge on any atom is 0.311 e. The van der Waals surface area contributed by atoms with Crippen molar-refractivity contribution in [2.75, 3.05) is 19.7 Å². The molecule has 1 saturated heterocycles. The number of hydrogen-bond acceptors (Lipinski definition) is 3. The van der Waals surface area contributed by atoms with Gasteiger partial charge in [-0.2, -0.15) is 0 Å². The van der Waals surface area contributed by atoms with Crippen LogP contribution in [0.4, 0.5) is 0 Å². The van der Waals surface area contributed by atoms with Crippen LogP contribution in [-0.4, -0.2) is 41.6 Å². The Labute approximate surface area is 129 Å². The van der Waals surface area contributed by atoms with E-state index in [1.54, 1.807) is 11.8 Å². The summed E-state index contributed by atoms with van der Waals surface area (Å²) in [5, 5.41) is 9.26. The summed E-state index contributed by atoms with van der Waals surface area (Å²) in [4.78, 5) is 25.4. The first-order valence-electron chi connectivity index (χ1n) is 7.70. The molecule has 2 heterocycles. The largest absolute Gasteiger partial charge is 0.481 e. The summed E-state index contributed by atoms with van der Waals surface area (Å²) in [5.74, 6) is -0.853. The predicted octanol–water partition coefficient (Wildman–Crippen LogP) is 2.01. The molecule has 1 N–H and O–H groups in total. The van der Waals surface area contributed by atoms with Crippen LogP contribution in [0.5, 0.6) is 0 Å². The highest BCUT2D eigenvalue weighted by molar-refractivity contribution is 5.81. The van der Waals surface area contributed by atoms with Crippen LogP contribution in [0.15, 0.2) is 24.3 Å². The zero-order valence-corrected chi connectivity index (χ0v) is 12.7. The van der Waals surface area contributed by atoms with E-state index < -0.39 is 11.4 Å². The highest BCUT2D eigenvalue weighted by atomic mass is 16.5. The van der Waals surface area contributed by atoms with Crippen LogP contribution >= 0.6 is 0 Å². The van der Waals surface area contributed by atoms with Crippen molar-refractivity contribution in [3.63, 3.8) is 0 Å². The number of hydrogen-bond donors (Lipinski definition) is 1. The van der Waals surface area contributed by atoms with E-state index >= 15 is 0 Å². The highest BCUT2D eigenvalue weighted by Crippen LogP contribution is 2.33. The smallest absolute Gasteiger partial charge is 0.311 e. The summed E-state index contributed by atoms with van der Waals surface area (Å²) in [7, 11) is 0. The molecule has 3 rings (SSSR count). The van der Waals surface area contributed by atoms with Crippen molar-refractivity contribution in [3.05, 3.63) is 35.4 Å². The Morgan fingerprint density at radius 2 is 2.18 bits per heavy atom. The zero-order chi connectivity index (χ0) is 15.7. The van der Waals surface area contributed by atoms with Crippen LogP contribution in [0.2, 0.25) is 0 Å². The lowest BCUT2D eigenvalue weighted by Gasteiger charge is -2.27. The van der Waals surface area contributed by atoms with Gasteiger partial charge in [-0.3, -0.25) is 9.59 Å². The highest BCUT2D eigenvalue weighted by Gasteiger charge is 2.42. The fraction of sp³-hybridized carbons (Fsp3) is 0.529. The molecule has 22 heavy (non-hydrogen) atoms. The van der Waals surface area contributed by atoms with E-state index in [0.717, 1.165) is 12.0 Å². The molecule has 0 bridgehead atoms. The van der Waals surface area contributed by atoms with Crippen LogP contribution in [-0.2, 0) is 20.7 Å². The maximum absolute atomic E-state index is 12.5. The Balaban J connectivity index is 1.68. The Morgan fingerprint density at radius 1 is 1.41 bits per heavy atom. The van der Waals surface area contributed by atoms with E-state index in [-0.39, 0.29) is 25.0 Å². The van der Waals surface area contributed by atoms with E-state index in [2.05, 4.69) is 6.07 Å². The Morgan fingerprint density at radius 3 is 2.91 bits per heavy atom. The van der Waals surface area contributed by atoms with Gasteiger partial charge < -0.3 is 14.7 Å². The summed E-state index contributed by atoms with van der Waals surface area (Å²) < 4.78 is 5.77. The molecule has 1 aromatic rings. The van der Waals surface area contributed by atoms with Crippen LogP contribution < -0.4 is 0 Å². The van der Waals surface area contributed by atoms with Gasteiger partial charge in [0.15, 0.2) is 0 Å². The second kappa shape index (κ2) is 5.72. The molecule has 5 nitrogen and oxygen atoms in total. The average Bonchev–Trinajstić information content (AvgIpc) is 2.92. The van der Waals surface area contributed by atoms with E-state index in [4.69, 9.17) is 4.74 Å². The summed E-state index contributed by atoms with van der Waals surface area (Å²) in [6, 6.07) is 8.05. The molecule has 0 unspecified atom stereocenters. The number of carbonyl (C=O) groups excluding carboxylic acids is 1. The van der Waals surface area contributed by atoms with Gasteiger partial charge in [-0.25, -0.2) is 0 Å². The van der Waals surface area contributed by atoms with Gasteiger partial charge in [-0.1, -0.05) is 24.3 Å². The van der Waals surface area contributed by atoms with Gasteiger partial charge in [0.2, 0.25) is 5.91 Å². The van der Waals surface area contributed by atoms with E-state index in [0.29, 0.717) is 19.6 Å². The summed E-state index contributed by atoms with van der Waals surface area (Å²) >= 11 is 0. The molecular weight excluding hydrogens is 282 g/mol. The Hall–Kier alpha value is -1.88. The normalized spacial score (nSPS) is 27.5. The van der Waals surface area contributed by atoms with E-state index in [1.807, 2.05) is 18.2 Å². The minimum absolute atomic E-state index is 0.0216. The lowest BCUT2D eigenvalue weighted by Crippen LogP contribution is -2.36. The summed E-state index contributed by atoms with van der Waals surface area (Å²) in [6.45, 7) is 3.13. The molecule has 0 radical (unpaired) electrons. The number of benzene rings is 1. The average molecular weight is 303 g/mol. The number of ether oxygens (including phenoxy) is 1. The maximum atomic E-state index is 12.5. The lowest BCUT2D eigenvalue weighted by atomic mass is 9.90. The number of likely N-dealkylation sites (tertiary alicyclic amines) is 1. The van der Waals surface area contributed by atoms with Crippen molar-refractivity contribution in [2.24, 2.45) is 5.41 Å². The van der Waals surface area contributed by atoms with Gasteiger partial charge in [0, 0.05) is 13.1 Å². The number of carboxylic acids is 1. The number of carbonyl (C=O) groups is 2. The third kappa shape index (κ3) is 2.73. The molecule has 2 aliphatic rings. The van der Waals surface area contributed by atoms with Gasteiger partial charge >= 0.3 is 5.97 Å². The van der Waals surface area contributed by atoms with Crippen molar-refractivity contribution in [2.45, 2.75) is 32.3 Å². The Bertz CT molecular complexity index is 600. The van der Waals surface area contributed by atoms with Crippen LogP contribution in [0, 0.1) is 5.41 Å². The lowest BCUT2D eigenvalue weighted by molar-refractivity contribution is -0.147. The number of carboxylic acid groups (broad SMARTS) is 1. The van der Waals surface area contributed by atoms with Crippen molar-refractivity contribution >= 4 is 11.9 Å². The van der Waals surface area contributed by atoms with Crippen molar-refractivity contribution in [3.8, 4) is 0 Å². The van der Waals surface area contributed by atoms with Gasteiger partial charge in [0.25, 0.3) is 0 Å². The predicted molar refractivity (Wildman–Crippen MR) is 80.4 cm³/mol. The first-order chi connectivity index (χ1) is 10.5. The number of amides is 1. The molecule has 2 aliphatic heterocycles. The van der Waals surface area contributed by atoms with E-state index in [9.17, 15) is 14.7 Å². The topological polar surface area (TPSA) is 66.8 Å². The summed E-state index contributed by atoms with van der Waals surface area (Å²) in [5.41, 5.74) is 1.51. The van der Waals surface area contributed by atoms with Crippen LogP contribution in [0.1, 0.15) is 37.0 Å². The quantitative estimate of drug-likeness (QED) is 0.927. The molecule has 0 saturated carbocycles. The second-order valence-corrected chi connectivity index (χ2v) is 6.44. The fourth-order valence-corrected chi connectivity index (χ4v) is 3.28. The molecule has 0 spiro atoms.